The lowest BCUT2D eigenvalue weighted by molar-refractivity contribution is -0.0498. The first kappa shape index (κ1) is 18.1. The molecule has 0 saturated carbocycles. The van der Waals surface area contributed by atoms with Gasteiger partial charge in [-0.15, -0.1) is 16.4 Å². The van der Waals surface area contributed by atoms with Crippen LogP contribution in [-0.2, 0) is 5.75 Å². The number of thiazole rings is 1. The first-order valence-electron chi connectivity index (χ1n) is 7.60. The molecular formula is C16H10ClF2N5OS2. The molecule has 11 heteroatoms. The highest BCUT2D eigenvalue weighted by Gasteiger charge is 2.12. The largest absolute Gasteiger partial charge is 0.435 e. The maximum Gasteiger partial charge on any atom is 0.387 e. The summed E-state index contributed by atoms with van der Waals surface area (Å²) in [5.74, 6) is 1.18. The van der Waals surface area contributed by atoms with Crippen LogP contribution in [0.5, 0.6) is 5.75 Å². The monoisotopic (exact) mass is 425 g/mol. The van der Waals surface area contributed by atoms with E-state index in [0.29, 0.717) is 22.3 Å². The summed E-state index contributed by atoms with van der Waals surface area (Å²) < 4.78 is 32.3. The second kappa shape index (κ2) is 7.75. The molecule has 0 spiro atoms. The van der Waals surface area contributed by atoms with Crippen molar-refractivity contribution in [2.45, 2.75) is 16.7 Å². The van der Waals surface area contributed by atoms with Gasteiger partial charge in [0.25, 0.3) is 0 Å². The quantitative estimate of drug-likeness (QED) is 0.413. The van der Waals surface area contributed by atoms with Crippen molar-refractivity contribution in [3.05, 3.63) is 53.3 Å². The molecule has 2 aromatic carbocycles. The molecule has 27 heavy (non-hydrogen) atoms. The number of aromatic nitrogens is 5. The van der Waals surface area contributed by atoms with E-state index >= 15 is 0 Å². The predicted molar refractivity (Wildman–Crippen MR) is 100.0 cm³/mol. The van der Waals surface area contributed by atoms with Crippen LogP contribution in [0.15, 0.2) is 46.8 Å². The van der Waals surface area contributed by atoms with E-state index in [9.17, 15) is 8.78 Å². The molecule has 4 rings (SSSR count). The van der Waals surface area contributed by atoms with E-state index in [1.54, 1.807) is 28.2 Å². The van der Waals surface area contributed by atoms with E-state index in [2.05, 4.69) is 25.2 Å². The summed E-state index contributed by atoms with van der Waals surface area (Å²) in [6.45, 7) is -2.86. The molecule has 0 atom stereocenters. The van der Waals surface area contributed by atoms with Gasteiger partial charge in [-0.1, -0.05) is 23.4 Å². The fraction of sp³-hybridized carbons (Fsp3) is 0.125. The number of hydrogen-bond acceptors (Lipinski definition) is 7. The van der Waals surface area contributed by atoms with Crippen LogP contribution in [0.3, 0.4) is 0 Å². The Balaban J connectivity index is 1.49. The minimum absolute atomic E-state index is 0.0749. The molecule has 0 unspecified atom stereocenters. The van der Waals surface area contributed by atoms with Crippen molar-refractivity contribution >= 4 is 44.9 Å². The fourth-order valence-electron chi connectivity index (χ4n) is 2.33. The molecule has 0 N–H and O–H groups in total. The van der Waals surface area contributed by atoms with Gasteiger partial charge in [0.2, 0.25) is 0 Å². The molecule has 0 saturated heterocycles. The van der Waals surface area contributed by atoms with Crippen molar-refractivity contribution < 1.29 is 13.5 Å². The van der Waals surface area contributed by atoms with Crippen LogP contribution in [0, 0.1) is 0 Å². The Morgan fingerprint density at radius 1 is 1.19 bits per heavy atom. The molecule has 0 radical (unpaired) electrons. The van der Waals surface area contributed by atoms with Gasteiger partial charge in [0.1, 0.15) is 5.75 Å². The number of alkyl halides is 2. The highest BCUT2D eigenvalue weighted by atomic mass is 35.5. The summed E-state index contributed by atoms with van der Waals surface area (Å²) in [5.41, 5.74) is 1.50. The number of rotatable bonds is 6. The van der Waals surface area contributed by atoms with Crippen molar-refractivity contribution in [1.29, 1.82) is 0 Å². The third-order valence-corrected chi connectivity index (χ3v) is 5.91. The van der Waals surface area contributed by atoms with Gasteiger partial charge < -0.3 is 4.74 Å². The second-order valence-electron chi connectivity index (χ2n) is 5.26. The van der Waals surface area contributed by atoms with Crippen LogP contribution in [0.25, 0.3) is 15.9 Å². The maximum atomic E-state index is 12.2. The van der Waals surface area contributed by atoms with E-state index in [4.69, 9.17) is 11.6 Å². The zero-order valence-electron chi connectivity index (χ0n) is 13.4. The smallest absolute Gasteiger partial charge is 0.387 e. The molecule has 0 fully saturated rings. The number of fused-ring (bicyclic) bond motifs is 1. The van der Waals surface area contributed by atoms with Crippen molar-refractivity contribution in [1.82, 2.24) is 25.2 Å². The van der Waals surface area contributed by atoms with Gasteiger partial charge in [0.05, 0.1) is 21.7 Å². The third-order valence-electron chi connectivity index (χ3n) is 3.50. The minimum Gasteiger partial charge on any atom is -0.435 e. The number of halogens is 3. The van der Waals surface area contributed by atoms with Crippen LogP contribution in [0.1, 0.15) is 5.82 Å². The van der Waals surface area contributed by atoms with Crippen LogP contribution >= 0.6 is 34.7 Å². The van der Waals surface area contributed by atoms with Crippen molar-refractivity contribution in [3.8, 4) is 11.4 Å². The Labute approximate surface area is 165 Å². The number of hydrogen-bond donors (Lipinski definition) is 0. The minimum atomic E-state index is -2.86. The van der Waals surface area contributed by atoms with Gasteiger partial charge in [-0.25, -0.2) is 4.98 Å². The molecule has 0 aliphatic rings. The second-order valence-corrected chi connectivity index (χ2v) is 7.95. The summed E-state index contributed by atoms with van der Waals surface area (Å²) >= 11 is 9.06. The van der Waals surface area contributed by atoms with Crippen LogP contribution in [-0.4, -0.2) is 31.8 Å². The van der Waals surface area contributed by atoms with Crippen molar-refractivity contribution in [2.75, 3.05) is 0 Å². The predicted octanol–water partition coefficient (Wildman–Crippen LogP) is 4.82. The lowest BCUT2D eigenvalue weighted by Crippen LogP contribution is -2.04. The fourth-order valence-corrected chi connectivity index (χ4v) is 4.45. The van der Waals surface area contributed by atoms with E-state index in [1.165, 1.54) is 23.9 Å². The number of ether oxygens (including phenoxy) is 1. The Hall–Kier alpha value is -2.30. The molecule has 0 amide bonds. The van der Waals surface area contributed by atoms with Gasteiger partial charge in [0, 0.05) is 5.02 Å². The van der Waals surface area contributed by atoms with Gasteiger partial charge >= 0.3 is 6.61 Å². The molecule has 138 valence electrons. The Morgan fingerprint density at radius 2 is 2.00 bits per heavy atom. The number of thioether (sulfide) groups is 1. The first-order chi connectivity index (χ1) is 13.1. The molecule has 0 bridgehead atoms. The zero-order valence-corrected chi connectivity index (χ0v) is 15.8. The summed E-state index contributed by atoms with van der Waals surface area (Å²) in [4.78, 5) is 4.55. The van der Waals surface area contributed by atoms with Gasteiger partial charge in [-0.05, 0) is 52.9 Å². The Morgan fingerprint density at radius 3 is 2.78 bits per heavy atom. The standard InChI is InChI=1S/C16H10ClF2N5OS2/c17-9-1-6-13-12(7-9)20-16(27-13)26-8-14-21-22-23-24(14)10-2-4-11(5-3-10)25-15(18)19/h1-7,15H,8H2. The van der Waals surface area contributed by atoms with E-state index in [1.807, 2.05) is 18.2 Å². The lowest BCUT2D eigenvalue weighted by atomic mass is 10.3. The number of nitrogens with zero attached hydrogens (tertiary/aromatic N) is 5. The Kier molecular flexibility index (Phi) is 5.19. The van der Waals surface area contributed by atoms with E-state index in [0.717, 1.165) is 14.6 Å². The molecule has 2 aromatic heterocycles. The van der Waals surface area contributed by atoms with Gasteiger partial charge in [0.15, 0.2) is 10.2 Å². The molecule has 2 heterocycles. The van der Waals surface area contributed by atoms with Crippen LogP contribution in [0.2, 0.25) is 5.02 Å². The van der Waals surface area contributed by atoms with Crippen molar-refractivity contribution in [2.24, 2.45) is 0 Å². The number of benzene rings is 2. The van der Waals surface area contributed by atoms with Crippen LogP contribution < -0.4 is 4.74 Å². The average Bonchev–Trinajstić information content (AvgIpc) is 3.26. The normalized spacial score (nSPS) is 11.4. The number of tetrazole rings is 1. The SMILES string of the molecule is FC(F)Oc1ccc(-n2nnnc2CSc2nc3cc(Cl)ccc3s2)cc1. The highest BCUT2D eigenvalue weighted by molar-refractivity contribution is 8.00. The van der Waals surface area contributed by atoms with Gasteiger partial charge in [-0.3, -0.25) is 0 Å². The summed E-state index contributed by atoms with van der Waals surface area (Å²) in [6.07, 6.45) is 0. The summed E-state index contributed by atoms with van der Waals surface area (Å²) in [7, 11) is 0. The molecule has 6 nitrogen and oxygen atoms in total. The summed E-state index contributed by atoms with van der Waals surface area (Å²) in [6, 6.07) is 11.7. The molecule has 0 aliphatic heterocycles. The van der Waals surface area contributed by atoms with Crippen molar-refractivity contribution in [3.63, 3.8) is 0 Å². The summed E-state index contributed by atoms with van der Waals surface area (Å²) in [5, 5.41) is 12.3. The zero-order chi connectivity index (χ0) is 18.8. The molecular weight excluding hydrogens is 416 g/mol. The van der Waals surface area contributed by atoms with E-state index < -0.39 is 6.61 Å². The average molecular weight is 426 g/mol. The maximum absolute atomic E-state index is 12.2. The molecule has 4 aromatic rings. The Bertz CT molecular complexity index is 1070. The lowest BCUT2D eigenvalue weighted by Gasteiger charge is -2.06. The van der Waals surface area contributed by atoms with Gasteiger partial charge in [-0.2, -0.15) is 13.5 Å². The van der Waals surface area contributed by atoms with Crippen LogP contribution in [0.4, 0.5) is 8.78 Å². The first-order valence-corrected chi connectivity index (χ1v) is 9.78. The molecule has 0 aliphatic carbocycles. The third kappa shape index (κ3) is 4.18. The topological polar surface area (TPSA) is 65.7 Å². The highest BCUT2D eigenvalue weighted by Crippen LogP contribution is 2.32. The van der Waals surface area contributed by atoms with E-state index in [-0.39, 0.29) is 5.75 Å².